The molecule has 1 aliphatic rings. The summed E-state index contributed by atoms with van der Waals surface area (Å²) in [5.74, 6) is 0.635. The molecule has 0 spiro atoms. The zero-order chi connectivity index (χ0) is 15.8. The molecule has 2 rings (SSSR count). The van der Waals surface area contributed by atoms with Crippen molar-refractivity contribution in [2.45, 2.75) is 34.2 Å². The molecular weight excluding hydrogens is 284 g/mol. The average molecular weight is 307 g/mol. The number of hydrogen-bond acceptors (Lipinski definition) is 2. The number of aromatic nitrogens is 1. The van der Waals surface area contributed by atoms with Crippen LogP contribution in [0.25, 0.3) is 0 Å². The second-order valence-electron chi connectivity index (χ2n) is 6.75. The molecule has 3 nitrogen and oxygen atoms in total. The van der Waals surface area contributed by atoms with Crippen LogP contribution in [0, 0.1) is 17.3 Å². The summed E-state index contributed by atoms with van der Waals surface area (Å²) in [6.07, 6.45) is 3.94. The molecule has 1 saturated carbocycles. The number of pyridine rings is 1. The van der Waals surface area contributed by atoms with Crippen molar-refractivity contribution in [1.29, 1.82) is 0 Å². The lowest BCUT2D eigenvalue weighted by atomic mass is 10.1. The van der Waals surface area contributed by atoms with Crippen molar-refractivity contribution in [3.8, 4) is 0 Å². The monoisotopic (exact) mass is 306 g/mol. The second kappa shape index (κ2) is 5.80. The van der Waals surface area contributed by atoms with Crippen LogP contribution in [0.1, 0.15) is 33.3 Å². The van der Waals surface area contributed by atoms with Crippen LogP contribution in [-0.2, 0) is 11.3 Å². The van der Waals surface area contributed by atoms with E-state index in [9.17, 15) is 4.79 Å². The standard InChI is InChI=1S/C17H23ClN2O/c1-11(2)8-13-15(17(13,3)4)16(21)20(5)10-12-6-7-14(18)19-9-12/h6-9,13,15H,10H2,1-5H3. The molecule has 0 saturated heterocycles. The van der Waals surface area contributed by atoms with E-state index in [0.29, 0.717) is 17.6 Å². The molecule has 0 bridgehead atoms. The smallest absolute Gasteiger partial charge is 0.226 e. The molecule has 1 aliphatic carbocycles. The first kappa shape index (κ1) is 16.0. The third-order valence-corrected chi connectivity index (χ3v) is 4.50. The van der Waals surface area contributed by atoms with E-state index in [1.807, 2.05) is 13.1 Å². The van der Waals surface area contributed by atoms with Gasteiger partial charge in [0.05, 0.1) is 5.92 Å². The summed E-state index contributed by atoms with van der Waals surface area (Å²) in [4.78, 5) is 18.5. The van der Waals surface area contributed by atoms with Crippen molar-refractivity contribution in [2.24, 2.45) is 17.3 Å². The fourth-order valence-corrected chi connectivity index (χ4v) is 3.02. The molecule has 0 radical (unpaired) electrons. The molecule has 1 amide bonds. The van der Waals surface area contributed by atoms with Gasteiger partial charge in [0.25, 0.3) is 0 Å². The zero-order valence-corrected chi connectivity index (χ0v) is 14.1. The maximum absolute atomic E-state index is 12.6. The van der Waals surface area contributed by atoms with E-state index < -0.39 is 0 Å². The summed E-state index contributed by atoms with van der Waals surface area (Å²) in [6.45, 7) is 9.06. The van der Waals surface area contributed by atoms with Crippen LogP contribution in [0.5, 0.6) is 0 Å². The van der Waals surface area contributed by atoms with E-state index >= 15 is 0 Å². The Balaban J connectivity index is 2.03. The highest BCUT2D eigenvalue weighted by atomic mass is 35.5. The summed E-state index contributed by atoms with van der Waals surface area (Å²) < 4.78 is 0. The lowest BCUT2D eigenvalue weighted by molar-refractivity contribution is -0.132. The van der Waals surface area contributed by atoms with Gasteiger partial charge in [-0.2, -0.15) is 0 Å². The van der Waals surface area contributed by atoms with Gasteiger partial charge in [0, 0.05) is 19.8 Å². The highest BCUT2D eigenvalue weighted by Gasteiger charge is 2.60. The Kier molecular flexibility index (Phi) is 4.43. The van der Waals surface area contributed by atoms with Gasteiger partial charge in [-0.25, -0.2) is 4.98 Å². The maximum Gasteiger partial charge on any atom is 0.226 e. The van der Waals surface area contributed by atoms with Crippen molar-refractivity contribution >= 4 is 17.5 Å². The first-order valence-electron chi connectivity index (χ1n) is 7.24. The van der Waals surface area contributed by atoms with Crippen molar-refractivity contribution in [3.05, 3.63) is 40.7 Å². The number of carbonyl (C=O) groups is 1. The van der Waals surface area contributed by atoms with Gasteiger partial charge in [0.15, 0.2) is 0 Å². The molecule has 114 valence electrons. The van der Waals surface area contributed by atoms with Gasteiger partial charge in [0.1, 0.15) is 5.15 Å². The lowest BCUT2D eigenvalue weighted by Gasteiger charge is -2.18. The van der Waals surface area contributed by atoms with Crippen molar-refractivity contribution in [2.75, 3.05) is 7.05 Å². The van der Waals surface area contributed by atoms with Crippen LogP contribution in [0.2, 0.25) is 5.15 Å². The summed E-state index contributed by atoms with van der Waals surface area (Å²) >= 11 is 5.78. The largest absolute Gasteiger partial charge is 0.341 e. The molecule has 4 heteroatoms. The van der Waals surface area contributed by atoms with E-state index in [4.69, 9.17) is 11.6 Å². The molecule has 1 fully saturated rings. The van der Waals surface area contributed by atoms with Crippen LogP contribution < -0.4 is 0 Å². The van der Waals surface area contributed by atoms with Gasteiger partial charge in [0.2, 0.25) is 5.91 Å². The number of carbonyl (C=O) groups excluding carboxylic acids is 1. The predicted octanol–water partition coefficient (Wildman–Crippen LogP) is 3.93. The van der Waals surface area contributed by atoms with Crippen LogP contribution in [-0.4, -0.2) is 22.8 Å². The van der Waals surface area contributed by atoms with E-state index in [0.717, 1.165) is 5.56 Å². The van der Waals surface area contributed by atoms with Crippen LogP contribution >= 0.6 is 11.6 Å². The van der Waals surface area contributed by atoms with E-state index in [-0.39, 0.29) is 17.2 Å². The molecule has 1 aromatic heterocycles. The summed E-state index contributed by atoms with van der Waals surface area (Å²) in [7, 11) is 1.85. The third kappa shape index (κ3) is 3.46. The number of hydrogen-bond donors (Lipinski definition) is 0. The third-order valence-electron chi connectivity index (χ3n) is 4.27. The zero-order valence-electron chi connectivity index (χ0n) is 13.4. The van der Waals surface area contributed by atoms with Gasteiger partial charge in [-0.1, -0.05) is 43.2 Å². The Morgan fingerprint density at radius 3 is 2.62 bits per heavy atom. The van der Waals surface area contributed by atoms with Crippen molar-refractivity contribution < 1.29 is 4.79 Å². The SMILES string of the molecule is CC(C)=CC1C(C(=O)N(C)Cc2ccc(Cl)nc2)C1(C)C. The highest BCUT2D eigenvalue weighted by Crippen LogP contribution is 2.60. The topological polar surface area (TPSA) is 33.2 Å². The highest BCUT2D eigenvalue weighted by molar-refractivity contribution is 6.29. The van der Waals surface area contributed by atoms with Crippen molar-refractivity contribution in [3.63, 3.8) is 0 Å². The molecule has 1 heterocycles. The number of amides is 1. The number of rotatable bonds is 4. The quantitative estimate of drug-likeness (QED) is 0.624. The minimum atomic E-state index is 0.0564. The van der Waals surface area contributed by atoms with E-state index in [1.54, 1.807) is 17.2 Å². The first-order valence-corrected chi connectivity index (χ1v) is 7.61. The van der Waals surface area contributed by atoms with Gasteiger partial charge >= 0.3 is 0 Å². The summed E-state index contributed by atoms with van der Waals surface area (Å²) in [5, 5.41) is 0.472. The molecule has 21 heavy (non-hydrogen) atoms. The Labute approximate surface area is 132 Å². The Morgan fingerprint density at radius 1 is 1.43 bits per heavy atom. The molecule has 0 N–H and O–H groups in total. The normalized spacial score (nSPS) is 22.6. The summed E-state index contributed by atoms with van der Waals surface area (Å²) in [5.41, 5.74) is 2.32. The maximum atomic E-state index is 12.6. The van der Waals surface area contributed by atoms with Crippen molar-refractivity contribution in [1.82, 2.24) is 9.88 Å². The molecule has 2 unspecified atom stereocenters. The van der Waals surface area contributed by atoms with Gasteiger partial charge in [-0.15, -0.1) is 0 Å². The second-order valence-corrected chi connectivity index (χ2v) is 7.14. The van der Waals surface area contributed by atoms with Gasteiger partial charge in [-0.05, 0) is 36.8 Å². The van der Waals surface area contributed by atoms with Gasteiger partial charge in [-0.3, -0.25) is 4.79 Å². The fraction of sp³-hybridized carbons (Fsp3) is 0.529. The molecule has 2 atom stereocenters. The molecule has 0 aromatic carbocycles. The molecule has 0 aliphatic heterocycles. The van der Waals surface area contributed by atoms with E-state index in [1.165, 1.54) is 5.57 Å². The Morgan fingerprint density at radius 2 is 2.10 bits per heavy atom. The van der Waals surface area contributed by atoms with Crippen LogP contribution in [0.4, 0.5) is 0 Å². The predicted molar refractivity (Wildman–Crippen MR) is 85.9 cm³/mol. The number of halogens is 1. The first-order chi connectivity index (χ1) is 9.73. The minimum Gasteiger partial charge on any atom is -0.341 e. The van der Waals surface area contributed by atoms with Crippen LogP contribution in [0.15, 0.2) is 30.0 Å². The minimum absolute atomic E-state index is 0.0564. The lowest BCUT2D eigenvalue weighted by Crippen LogP contribution is -2.29. The molecule has 1 aromatic rings. The summed E-state index contributed by atoms with van der Waals surface area (Å²) in [6, 6.07) is 3.66. The fourth-order valence-electron chi connectivity index (χ4n) is 2.91. The average Bonchev–Trinajstić information content (AvgIpc) is 2.91. The Hall–Kier alpha value is -1.35. The van der Waals surface area contributed by atoms with E-state index in [2.05, 4.69) is 38.8 Å². The number of nitrogens with zero attached hydrogens (tertiary/aromatic N) is 2. The number of allylic oxidation sites excluding steroid dienone is 2. The molecular formula is C17H23ClN2O. The van der Waals surface area contributed by atoms with Crippen LogP contribution in [0.3, 0.4) is 0 Å². The van der Waals surface area contributed by atoms with Gasteiger partial charge < -0.3 is 4.90 Å². The Bertz CT molecular complexity index is 559.